The largest absolute Gasteiger partial charge is 0.493 e. The molecule has 1 aromatic heterocycles. The first kappa shape index (κ1) is 17.5. The Kier molecular flexibility index (Phi) is 4.81. The smallest absolute Gasteiger partial charge is 0.408 e. The maximum Gasteiger partial charge on any atom is 0.408 e. The van der Waals surface area contributed by atoms with Crippen LogP contribution < -0.4 is 10.1 Å². The number of hydrogen-bond acceptors (Lipinski definition) is 5. The zero-order chi connectivity index (χ0) is 18.0. The number of carbonyl (C=O) groups is 1. The highest BCUT2D eigenvalue weighted by atomic mass is 35.5. The van der Waals surface area contributed by atoms with Crippen LogP contribution in [0.2, 0.25) is 5.28 Å². The lowest BCUT2D eigenvalue weighted by atomic mass is 9.98. The molecule has 1 aliphatic heterocycles. The van der Waals surface area contributed by atoms with Gasteiger partial charge in [-0.1, -0.05) is 12.1 Å². The maximum absolute atomic E-state index is 12.1. The van der Waals surface area contributed by atoms with E-state index in [0.29, 0.717) is 18.7 Å². The number of nitrogens with one attached hydrogen (secondary N) is 1. The molecule has 0 bridgehead atoms. The van der Waals surface area contributed by atoms with Gasteiger partial charge in [-0.15, -0.1) is 0 Å². The summed E-state index contributed by atoms with van der Waals surface area (Å²) < 4.78 is 11.1. The molecule has 2 aromatic rings. The number of benzene rings is 1. The summed E-state index contributed by atoms with van der Waals surface area (Å²) in [6.07, 6.45) is 1.86. The Morgan fingerprint density at radius 2 is 2.16 bits per heavy atom. The van der Waals surface area contributed by atoms with Crippen molar-refractivity contribution in [3.63, 3.8) is 0 Å². The monoisotopic (exact) mass is 361 g/mol. The molecule has 1 amide bonds. The number of alkyl carbamates (subject to hydrolysis) is 1. The minimum atomic E-state index is -0.534. The molecule has 0 aliphatic carbocycles. The molecule has 7 heteroatoms. The first-order valence-electron chi connectivity index (χ1n) is 8.07. The van der Waals surface area contributed by atoms with Gasteiger partial charge in [0.2, 0.25) is 5.28 Å². The molecule has 25 heavy (non-hydrogen) atoms. The van der Waals surface area contributed by atoms with E-state index in [2.05, 4.69) is 15.3 Å². The third-order valence-corrected chi connectivity index (χ3v) is 3.85. The Labute approximate surface area is 151 Å². The fraction of sp³-hybridized carbons (Fsp3) is 0.389. The van der Waals surface area contributed by atoms with Crippen LogP contribution in [0, 0.1) is 0 Å². The summed E-state index contributed by atoms with van der Waals surface area (Å²) in [4.78, 5) is 20.2. The van der Waals surface area contributed by atoms with Crippen LogP contribution in [0.1, 0.15) is 38.8 Å². The lowest BCUT2D eigenvalue weighted by Crippen LogP contribution is -2.36. The number of nitrogens with zero attached hydrogens (tertiary/aromatic N) is 2. The third-order valence-electron chi connectivity index (χ3n) is 3.67. The number of fused-ring (bicyclic) bond motifs is 1. The average Bonchev–Trinajstić information content (AvgIpc) is 2.53. The van der Waals surface area contributed by atoms with E-state index in [0.717, 1.165) is 16.9 Å². The van der Waals surface area contributed by atoms with E-state index in [1.807, 2.05) is 39.0 Å². The van der Waals surface area contributed by atoms with Crippen molar-refractivity contribution < 1.29 is 14.3 Å². The van der Waals surface area contributed by atoms with Gasteiger partial charge in [0.25, 0.3) is 0 Å². The molecule has 0 saturated carbocycles. The molecular weight excluding hydrogens is 342 g/mol. The average molecular weight is 362 g/mol. The minimum Gasteiger partial charge on any atom is -0.493 e. The summed E-state index contributed by atoms with van der Waals surface area (Å²) in [5, 5.41) is 3.11. The van der Waals surface area contributed by atoms with Crippen LogP contribution in [-0.4, -0.2) is 28.3 Å². The van der Waals surface area contributed by atoms with Crippen LogP contribution in [0.5, 0.6) is 5.75 Å². The second-order valence-electron chi connectivity index (χ2n) is 6.80. The predicted molar refractivity (Wildman–Crippen MR) is 94.7 cm³/mol. The van der Waals surface area contributed by atoms with E-state index >= 15 is 0 Å². The van der Waals surface area contributed by atoms with Crippen molar-refractivity contribution in [2.24, 2.45) is 0 Å². The van der Waals surface area contributed by atoms with Crippen molar-refractivity contribution >= 4 is 17.7 Å². The van der Waals surface area contributed by atoms with Crippen molar-refractivity contribution in [2.75, 3.05) is 6.61 Å². The van der Waals surface area contributed by atoms with Gasteiger partial charge in [0, 0.05) is 23.7 Å². The van der Waals surface area contributed by atoms with Crippen molar-refractivity contribution in [3.8, 4) is 17.0 Å². The second-order valence-corrected chi connectivity index (χ2v) is 7.14. The molecule has 0 fully saturated rings. The molecule has 0 spiro atoms. The summed E-state index contributed by atoms with van der Waals surface area (Å²) >= 11 is 5.86. The zero-order valence-corrected chi connectivity index (χ0v) is 15.1. The van der Waals surface area contributed by atoms with Crippen molar-refractivity contribution in [3.05, 3.63) is 41.3 Å². The van der Waals surface area contributed by atoms with E-state index in [4.69, 9.17) is 21.1 Å². The van der Waals surface area contributed by atoms with Crippen molar-refractivity contribution in [1.82, 2.24) is 15.3 Å². The fourth-order valence-electron chi connectivity index (χ4n) is 2.64. The van der Waals surface area contributed by atoms with E-state index in [1.165, 1.54) is 0 Å². The molecule has 2 heterocycles. The van der Waals surface area contributed by atoms with Crippen LogP contribution in [-0.2, 0) is 4.74 Å². The molecule has 3 rings (SSSR count). The molecule has 1 aliphatic rings. The third kappa shape index (κ3) is 4.39. The Hall–Kier alpha value is -2.34. The molecule has 0 radical (unpaired) electrons. The Morgan fingerprint density at radius 1 is 1.36 bits per heavy atom. The summed E-state index contributed by atoms with van der Waals surface area (Å²) in [5.74, 6) is 0.722. The number of halogens is 1. The quantitative estimate of drug-likeness (QED) is 0.813. The van der Waals surface area contributed by atoms with Gasteiger partial charge in [-0.2, -0.15) is 0 Å². The Balaban J connectivity index is 1.82. The Morgan fingerprint density at radius 3 is 2.88 bits per heavy atom. The van der Waals surface area contributed by atoms with Crippen LogP contribution >= 0.6 is 11.6 Å². The normalized spacial score (nSPS) is 16.6. The number of ether oxygens (including phenoxy) is 2. The topological polar surface area (TPSA) is 73.3 Å². The maximum atomic E-state index is 12.1. The summed E-state index contributed by atoms with van der Waals surface area (Å²) in [7, 11) is 0. The van der Waals surface area contributed by atoms with Crippen LogP contribution in [0.3, 0.4) is 0 Å². The van der Waals surface area contributed by atoms with E-state index < -0.39 is 11.7 Å². The van der Waals surface area contributed by atoms with Gasteiger partial charge >= 0.3 is 6.09 Å². The lowest BCUT2D eigenvalue weighted by Gasteiger charge is -2.28. The Bertz CT molecular complexity index is 789. The summed E-state index contributed by atoms with van der Waals surface area (Å²) in [6, 6.07) is 7.39. The lowest BCUT2D eigenvalue weighted by molar-refractivity contribution is 0.0491. The first-order chi connectivity index (χ1) is 11.8. The van der Waals surface area contributed by atoms with Crippen LogP contribution in [0.15, 0.2) is 30.5 Å². The highest BCUT2D eigenvalue weighted by Crippen LogP contribution is 2.35. The number of hydrogen-bond donors (Lipinski definition) is 1. The van der Waals surface area contributed by atoms with Gasteiger partial charge in [0.1, 0.15) is 11.4 Å². The number of carbonyl (C=O) groups excluding carboxylic acids is 1. The molecule has 132 valence electrons. The molecular formula is C18H20ClN3O3. The molecule has 6 nitrogen and oxygen atoms in total. The number of rotatable bonds is 2. The van der Waals surface area contributed by atoms with Gasteiger partial charge < -0.3 is 14.8 Å². The molecule has 1 unspecified atom stereocenters. The highest BCUT2D eigenvalue weighted by molar-refractivity contribution is 6.28. The molecule has 1 atom stereocenters. The standard InChI is InChI=1S/C18H20ClN3O3/c1-18(2,3)25-17(23)22-14-7-9-24-15-10-11(4-5-12(14)15)13-6-8-20-16(19)21-13/h4-6,8,10,14H,7,9H2,1-3H3,(H,22,23). The van der Waals surface area contributed by atoms with E-state index in [-0.39, 0.29) is 11.3 Å². The second kappa shape index (κ2) is 6.88. The minimum absolute atomic E-state index is 0.151. The molecule has 1 N–H and O–H groups in total. The van der Waals surface area contributed by atoms with Gasteiger partial charge in [0.15, 0.2) is 0 Å². The van der Waals surface area contributed by atoms with Gasteiger partial charge in [-0.05, 0) is 44.5 Å². The zero-order valence-electron chi connectivity index (χ0n) is 14.4. The molecule has 0 saturated heterocycles. The van der Waals surface area contributed by atoms with Gasteiger partial charge in [-0.25, -0.2) is 14.8 Å². The number of aromatic nitrogens is 2. The van der Waals surface area contributed by atoms with Crippen LogP contribution in [0.4, 0.5) is 4.79 Å². The first-order valence-corrected chi connectivity index (χ1v) is 8.45. The van der Waals surface area contributed by atoms with Gasteiger partial charge in [0.05, 0.1) is 18.3 Å². The fourth-order valence-corrected chi connectivity index (χ4v) is 2.79. The summed E-state index contributed by atoms with van der Waals surface area (Å²) in [5.41, 5.74) is 1.98. The van der Waals surface area contributed by atoms with E-state index in [1.54, 1.807) is 12.3 Å². The predicted octanol–water partition coefficient (Wildman–Crippen LogP) is 4.15. The highest BCUT2D eigenvalue weighted by Gasteiger charge is 2.26. The SMILES string of the molecule is CC(C)(C)OC(=O)NC1CCOc2cc(-c3ccnc(Cl)n3)ccc21. The van der Waals surface area contributed by atoms with Crippen molar-refractivity contribution in [1.29, 1.82) is 0 Å². The van der Waals surface area contributed by atoms with E-state index in [9.17, 15) is 4.79 Å². The van der Waals surface area contributed by atoms with Gasteiger partial charge in [-0.3, -0.25) is 0 Å². The number of amides is 1. The van der Waals surface area contributed by atoms with Crippen molar-refractivity contribution in [2.45, 2.75) is 38.8 Å². The van der Waals surface area contributed by atoms with Crippen LogP contribution in [0.25, 0.3) is 11.3 Å². The summed E-state index contributed by atoms with van der Waals surface area (Å²) in [6.45, 7) is 6.03. The molecule has 1 aromatic carbocycles.